The Morgan fingerprint density at radius 2 is 1.84 bits per heavy atom. The van der Waals surface area contributed by atoms with Gasteiger partial charge in [-0.05, 0) is 60.4 Å². The van der Waals surface area contributed by atoms with E-state index in [9.17, 15) is 0 Å². The predicted molar refractivity (Wildman–Crippen MR) is 123 cm³/mol. The fourth-order valence-corrected chi connectivity index (χ4v) is 4.41. The molecule has 5 nitrogen and oxygen atoms in total. The highest BCUT2D eigenvalue weighted by Gasteiger charge is 2.18. The third-order valence-corrected chi connectivity index (χ3v) is 6.08. The first-order valence-corrected chi connectivity index (χ1v) is 10.5. The maximum atomic E-state index is 5.76. The number of aromatic nitrogens is 4. The van der Waals surface area contributed by atoms with Crippen molar-refractivity contribution in [3.05, 3.63) is 84.1 Å². The van der Waals surface area contributed by atoms with E-state index in [1.54, 1.807) is 0 Å². The number of rotatable bonds is 3. The van der Waals surface area contributed by atoms with E-state index in [1.807, 2.05) is 43.8 Å². The summed E-state index contributed by atoms with van der Waals surface area (Å²) in [5.74, 6) is 0. The summed E-state index contributed by atoms with van der Waals surface area (Å²) in [6, 6.07) is 15.1. The van der Waals surface area contributed by atoms with E-state index in [0.717, 1.165) is 52.1 Å². The summed E-state index contributed by atoms with van der Waals surface area (Å²) in [4.78, 5) is 15.8. The molecule has 0 unspecified atom stereocenters. The van der Waals surface area contributed by atoms with Gasteiger partial charge in [0.1, 0.15) is 5.65 Å². The molecule has 1 aromatic carbocycles. The number of nitrogens with one attached hydrogen (secondary N) is 2. The minimum Gasteiger partial charge on any atom is -0.376 e. The van der Waals surface area contributed by atoms with Crippen molar-refractivity contribution in [1.29, 1.82) is 0 Å². The number of H-pyrrole nitrogens is 2. The Bertz CT molecular complexity index is 1380. The van der Waals surface area contributed by atoms with Crippen LogP contribution in [-0.2, 0) is 17.8 Å². The van der Waals surface area contributed by atoms with Crippen LogP contribution in [0.15, 0.2) is 67.3 Å². The third-order valence-electron chi connectivity index (χ3n) is 6.08. The highest BCUT2D eigenvalue weighted by molar-refractivity contribution is 5.96. The van der Waals surface area contributed by atoms with Crippen molar-refractivity contribution in [3.63, 3.8) is 0 Å². The molecule has 0 spiro atoms. The molecule has 0 amide bonds. The second-order valence-electron chi connectivity index (χ2n) is 8.06. The van der Waals surface area contributed by atoms with Crippen LogP contribution in [0.3, 0.4) is 0 Å². The van der Waals surface area contributed by atoms with Crippen molar-refractivity contribution in [2.24, 2.45) is 0 Å². The molecule has 0 saturated heterocycles. The zero-order valence-electron chi connectivity index (χ0n) is 17.3. The number of fused-ring (bicyclic) bond motifs is 2. The van der Waals surface area contributed by atoms with Crippen molar-refractivity contribution < 1.29 is 4.74 Å². The molecule has 1 aliphatic heterocycles. The van der Waals surface area contributed by atoms with Crippen molar-refractivity contribution in [3.8, 4) is 33.5 Å². The Labute approximate surface area is 180 Å². The lowest BCUT2D eigenvalue weighted by Gasteiger charge is -2.21. The minimum absolute atomic E-state index is 0.656. The van der Waals surface area contributed by atoms with Gasteiger partial charge in [0.2, 0.25) is 0 Å². The van der Waals surface area contributed by atoms with E-state index in [2.05, 4.69) is 45.3 Å². The fourth-order valence-electron chi connectivity index (χ4n) is 4.41. The molecule has 0 atom stereocenters. The molecule has 4 aromatic heterocycles. The van der Waals surface area contributed by atoms with Gasteiger partial charge in [0.05, 0.1) is 13.2 Å². The maximum Gasteiger partial charge on any atom is 0.137 e. The van der Waals surface area contributed by atoms with E-state index >= 15 is 0 Å². The summed E-state index contributed by atoms with van der Waals surface area (Å²) in [6.07, 6.45) is 8.79. The summed E-state index contributed by atoms with van der Waals surface area (Å²) in [6.45, 7) is 3.42. The van der Waals surface area contributed by atoms with Crippen LogP contribution in [-0.4, -0.2) is 26.5 Å². The molecule has 5 heteroatoms. The first-order chi connectivity index (χ1) is 15.3. The zero-order chi connectivity index (χ0) is 20.8. The second kappa shape index (κ2) is 7.22. The smallest absolute Gasteiger partial charge is 0.137 e. The van der Waals surface area contributed by atoms with E-state index in [-0.39, 0.29) is 0 Å². The molecule has 0 saturated carbocycles. The van der Waals surface area contributed by atoms with Gasteiger partial charge in [-0.3, -0.25) is 4.98 Å². The predicted octanol–water partition coefficient (Wildman–Crippen LogP) is 5.67. The molecule has 0 aliphatic carbocycles. The Morgan fingerprint density at radius 3 is 2.68 bits per heavy atom. The molecular weight excluding hydrogens is 384 g/mol. The van der Waals surface area contributed by atoms with Gasteiger partial charge < -0.3 is 14.7 Å². The molecule has 0 radical (unpaired) electrons. The SMILES string of the molecule is Cc1ccc(-c2c[nH]c3ncc(-c4cc5c(c(-c6ccc[nH]6)c4)COCC5)cc23)cn1. The fraction of sp³-hybridized carbons (Fsp3) is 0.154. The van der Waals surface area contributed by atoms with Crippen LogP contribution < -0.4 is 0 Å². The van der Waals surface area contributed by atoms with E-state index in [0.29, 0.717) is 6.61 Å². The van der Waals surface area contributed by atoms with Crippen LogP contribution >= 0.6 is 0 Å². The van der Waals surface area contributed by atoms with Gasteiger partial charge in [0.25, 0.3) is 0 Å². The number of hydrogen-bond donors (Lipinski definition) is 2. The van der Waals surface area contributed by atoms with Gasteiger partial charge in [0.15, 0.2) is 0 Å². The highest BCUT2D eigenvalue weighted by Crippen LogP contribution is 2.36. The lowest BCUT2D eigenvalue weighted by Crippen LogP contribution is -2.11. The molecule has 1 aliphatic rings. The summed E-state index contributed by atoms with van der Waals surface area (Å²) in [7, 11) is 0. The molecule has 5 heterocycles. The molecule has 0 fully saturated rings. The van der Waals surface area contributed by atoms with Gasteiger partial charge in [-0.15, -0.1) is 0 Å². The molecule has 5 aromatic rings. The lowest BCUT2D eigenvalue weighted by molar-refractivity contribution is 0.111. The summed E-state index contributed by atoms with van der Waals surface area (Å²) < 4.78 is 5.76. The van der Waals surface area contributed by atoms with Gasteiger partial charge >= 0.3 is 0 Å². The molecule has 31 heavy (non-hydrogen) atoms. The van der Waals surface area contributed by atoms with Crippen LogP contribution in [0.2, 0.25) is 0 Å². The molecule has 0 bridgehead atoms. The minimum atomic E-state index is 0.656. The number of aromatic amines is 2. The van der Waals surface area contributed by atoms with Gasteiger partial charge in [-0.25, -0.2) is 4.98 Å². The molecule has 152 valence electrons. The number of aryl methyl sites for hydroxylation is 1. The topological polar surface area (TPSA) is 66.6 Å². The monoisotopic (exact) mass is 406 g/mol. The average Bonchev–Trinajstić information content (AvgIpc) is 3.49. The quantitative estimate of drug-likeness (QED) is 0.406. The third kappa shape index (κ3) is 3.14. The van der Waals surface area contributed by atoms with Gasteiger partial charge in [-0.1, -0.05) is 12.1 Å². The Kier molecular flexibility index (Phi) is 4.21. The number of nitrogens with zero attached hydrogens (tertiary/aromatic N) is 2. The van der Waals surface area contributed by atoms with E-state index in [1.165, 1.54) is 22.3 Å². The molecule has 2 N–H and O–H groups in total. The van der Waals surface area contributed by atoms with Gasteiger partial charge in [0, 0.05) is 63.8 Å². The Morgan fingerprint density at radius 1 is 0.903 bits per heavy atom. The zero-order valence-corrected chi connectivity index (χ0v) is 17.3. The van der Waals surface area contributed by atoms with E-state index in [4.69, 9.17) is 9.72 Å². The summed E-state index contributed by atoms with van der Waals surface area (Å²) in [5, 5.41) is 1.10. The summed E-state index contributed by atoms with van der Waals surface area (Å²) in [5.41, 5.74) is 11.3. The maximum absolute atomic E-state index is 5.76. The number of ether oxygens (including phenoxy) is 1. The number of hydrogen-bond acceptors (Lipinski definition) is 3. The molecular formula is C26H22N4O. The van der Waals surface area contributed by atoms with Crippen LogP contribution in [0.25, 0.3) is 44.5 Å². The van der Waals surface area contributed by atoms with Crippen LogP contribution in [0.1, 0.15) is 16.8 Å². The van der Waals surface area contributed by atoms with Crippen LogP contribution in [0.4, 0.5) is 0 Å². The van der Waals surface area contributed by atoms with Crippen molar-refractivity contribution >= 4 is 11.0 Å². The Hall–Kier alpha value is -3.70. The second-order valence-corrected chi connectivity index (χ2v) is 8.06. The lowest BCUT2D eigenvalue weighted by atomic mass is 9.91. The van der Waals surface area contributed by atoms with Crippen molar-refractivity contribution in [1.82, 2.24) is 19.9 Å². The van der Waals surface area contributed by atoms with Crippen LogP contribution in [0, 0.1) is 6.92 Å². The normalized spacial score (nSPS) is 13.5. The Balaban J connectivity index is 1.51. The molecule has 6 rings (SSSR count). The largest absolute Gasteiger partial charge is 0.376 e. The van der Waals surface area contributed by atoms with Crippen molar-refractivity contribution in [2.45, 2.75) is 20.0 Å². The number of benzene rings is 1. The number of pyridine rings is 2. The van der Waals surface area contributed by atoms with Crippen molar-refractivity contribution in [2.75, 3.05) is 6.61 Å². The van der Waals surface area contributed by atoms with Gasteiger partial charge in [-0.2, -0.15) is 0 Å². The highest BCUT2D eigenvalue weighted by atomic mass is 16.5. The van der Waals surface area contributed by atoms with Crippen LogP contribution in [0.5, 0.6) is 0 Å². The standard InChI is InChI=1S/C26H22N4O/c1-16-4-5-18(12-28-16)23-14-30-26-22(23)11-20(13-29-26)19-9-17-6-8-31-15-24(17)21(10-19)25-3-2-7-27-25/h2-5,7,9-14,27H,6,8,15H2,1H3,(H,29,30). The van der Waals surface area contributed by atoms with E-state index < -0.39 is 0 Å². The average molecular weight is 406 g/mol. The first kappa shape index (κ1) is 18.1. The summed E-state index contributed by atoms with van der Waals surface area (Å²) >= 11 is 0. The first-order valence-electron chi connectivity index (χ1n) is 10.5.